The number of methoxy groups -OCH3 is 2. The van der Waals surface area contributed by atoms with Crippen LogP contribution in [0, 0.1) is 0 Å². The summed E-state index contributed by atoms with van der Waals surface area (Å²) in [5.41, 5.74) is 0.800. The fourth-order valence-corrected chi connectivity index (χ4v) is 1.77. The molecule has 1 aromatic heterocycles. The van der Waals surface area contributed by atoms with Gasteiger partial charge in [-0.3, -0.25) is 0 Å². The first kappa shape index (κ1) is 12.4. The molecule has 0 radical (unpaired) electrons. The summed E-state index contributed by atoms with van der Waals surface area (Å²) in [5, 5.41) is 4.40. The Labute approximate surface area is 109 Å². The van der Waals surface area contributed by atoms with E-state index in [0.29, 0.717) is 16.6 Å². The van der Waals surface area contributed by atoms with Gasteiger partial charge >= 0.3 is 5.97 Å². The summed E-state index contributed by atoms with van der Waals surface area (Å²) in [6, 6.07) is 8.68. The van der Waals surface area contributed by atoms with E-state index in [1.165, 1.54) is 17.9 Å². The van der Waals surface area contributed by atoms with Crippen LogP contribution in [-0.4, -0.2) is 30.0 Å². The summed E-state index contributed by atoms with van der Waals surface area (Å²) < 4.78 is 11.2. The van der Waals surface area contributed by atoms with Crippen molar-refractivity contribution in [3.05, 3.63) is 41.2 Å². The molecule has 0 unspecified atom stereocenters. The molecule has 0 N–H and O–H groups in total. The van der Waals surface area contributed by atoms with Crippen molar-refractivity contribution in [2.75, 3.05) is 14.2 Å². The minimum absolute atomic E-state index is 0.147. The Balaban J connectivity index is 2.51. The summed E-state index contributed by atoms with van der Waals surface area (Å²) in [5.74, 6) is 0.0736. The van der Waals surface area contributed by atoms with Gasteiger partial charge in [-0.1, -0.05) is 23.7 Å². The molecular weight excluding hydrogens is 256 g/mol. The fraction of sp³-hybridized carbons (Fsp3) is 0.167. The van der Waals surface area contributed by atoms with Crippen molar-refractivity contribution in [1.29, 1.82) is 0 Å². The highest BCUT2D eigenvalue weighted by molar-refractivity contribution is 6.30. The van der Waals surface area contributed by atoms with Crippen LogP contribution in [0.2, 0.25) is 5.15 Å². The summed E-state index contributed by atoms with van der Waals surface area (Å²) in [7, 11) is 2.84. The molecule has 6 heteroatoms. The average molecular weight is 267 g/mol. The molecule has 18 heavy (non-hydrogen) atoms. The van der Waals surface area contributed by atoms with Gasteiger partial charge in [-0.25, -0.2) is 9.48 Å². The van der Waals surface area contributed by atoms with Crippen LogP contribution in [-0.2, 0) is 4.74 Å². The lowest BCUT2D eigenvalue weighted by Crippen LogP contribution is -2.05. The van der Waals surface area contributed by atoms with Gasteiger partial charge in [0, 0.05) is 6.07 Å². The van der Waals surface area contributed by atoms with Gasteiger partial charge in [0.1, 0.15) is 16.6 Å². The van der Waals surface area contributed by atoms with Crippen molar-refractivity contribution in [2.24, 2.45) is 0 Å². The number of para-hydroxylation sites is 2. The van der Waals surface area contributed by atoms with Crippen LogP contribution in [0.1, 0.15) is 10.5 Å². The second-order valence-electron chi connectivity index (χ2n) is 3.43. The van der Waals surface area contributed by atoms with Gasteiger partial charge in [0.05, 0.1) is 14.2 Å². The van der Waals surface area contributed by atoms with Gasteiger partial charge in [0.2, 0.25) is 0 Å². The topological polar surface area (TPSA) is 53.4 Å². The number of hydrogen-bond acceptors (Lipinski definition) is 4. The van der Waals surface area contributed by atoms with E-state index in [9.17, 15) is 4.79 Å². The van der Waals surface area contributed by atoms with E-state index in [-0.39, 0.29) is 5.69 Å². The van der Waals surface area contributed by atoms with Crippen LogP contribution in [0.15, 0.2) is 30.3 Å². The second-order valence-corrected chi connectivity index (χ2v) is 3.81. The van der Waals surface area contributed by atoms with Gasteiger partial charge in [-0.15, -0.1) is 0 Å². The second kappa shape index (κ2) is 5.10. The molecule has 0 aliphatic heterocycles. The highest BCUT2D eigenvalue weighted by Gasteiger charge is 2.16. The number of benzene rings is 1. The van der Waals surface area contributed by atoms with E-state index in [0.717, 1.165) is 0 Å². The van der Waals surface area contributed by atoms with Gasteiger partial charge in [-0.05, 0) is 12.1 Å². The lowest BCUT2D eigenvalue weighted by Gasteiger charge is -2.08. The van der Waals surface area contributed by atoms with E-state index in [4.69, 9.17) is 16.3 Å². The average Bonchev–Trinajstić information content (AvgIpc) is 2.79. The molecule has 2 rings (SSSR count). The predicted molar refractivity (Wildman–Crippen MR) is 66.5 cm³/mol. The molecule has 0 bridgehead atoms. The molecule has 0 saturated heterocycles. The maximum absolute atomic E-state index is 11.4. The molecule has 0 aliphatic carbocycles. The molecule has 5 nitrogen and oxygen atoms in total. The highest BCUT2D eigenvalue weighted by atomic mass is 35.5. The maximum atomic E-state index is 11.4. The van der Waals surface area contributed by atoms with E-state index in [1.807, 2.05) is 12.1 Å². The quantitative estimate of drug-likeness (QED) is 0.800. The number of ether oxygens (including phenoxy) is 2. The van der Waals surface area contributed by atoms with Gasteiger partial charge in [0.25, 0.3) is 0 Å². The van der Waals surface area contributed by atoms with Crippen molar-refractivity contribution in [3.8, 4) is 11.4 Å². The lowest BCUT2D eigenvalue weighted by atomic mass is 10.3. The van der Waals surface area contributed by atoms with Crippen LogP contribution in [0.5, 0.6) is 5.75 Å². The third-order valence-corrected chi connectivity index (χ3v) is 2.64. The number of esters is 1. The van der Waals surface area contributed by atoms with Gasteiger partial charge < -0.3 is 9.47 Å². The molecule has 1 aromatic carbocycles. The molecule has 0 saturated carbocycles. The molecule has 0 aliphatic rings. The van der Waals surface area contributed by atoms with Crippen LogP contribution >= 0.6 is 11.6 Å². The third kappa shape index (κ3) is 2.17. The lowest BCUT2D eigenvalue weighted by molar-refractivity contribution is 0.0593. The molecular formula is C12H11ClN2O3. The van der Waals surface area contributed by atoms with E-state index in [1.54, 1.807) is 19.2 Å². The highest BCUT2D eigenvalue weighted by Crippen LogP contribution is 2.25. The number of carbonyl (C=O) groups excluding carboxylic acids is 1. The van der Waals surface area contributed by atoms with Crippen LogP contribution in [0.4, 0.5) is 0 Å². The Bertz CT molecular complexity index is 580. The van der Waals surface area contributed by atoms with E-state index >= 15 is 0 Å². The summed E-state index contributed by atoms with van der Waals surface area (Å²) in [6.07, 6.45) is 0. The largest absolute Gasteiger partial charge is 0.494 e. The number of aromatic nitrogens is 2. The molecule has 1 heterocycles. The molecule has 2 aromatic rings. The van der Waals surface area contributed by atoms with Gasteiger partial charge in [-0.2, -0.15) is 5.10 Å². The number of hydrogen-bond donors (Lipinski definition) is 0. The van der Waals surface area contributed by atoms with Crippen LogP contribution < -0.4 is 4.74 Å². The predicted octanol–water partition coefficient (Wildman–Crippen LogP) is 2.32. The Kier molecular flexibility index (Phi) is 3.53. The Hall–Kier alpha value is -2.01. The first-order valence-electron chi connectivity index (χ1n) is 5.14. The SMILES string of the molecule is COC(=O)c1cc(Cl)n(-c2ccccc2OC)n1. The van der Waals surface area contributed by atoms with Crippen molar-refractivity contribution >= 4 is 17.6 Å². The summed E-state index contributed by atoms with van der Waals surface area (Å²) >= 11 is 6.05. The monoisotopic (exact) mass is 266 g/mol. The van der Waals surface area contributed by atoms with Crippen molar-refractivity contribution in [2.45, 2.75) is 0 Å². The zero-order valence-electron chi connectivity index (χ0n) is 9.88. The zero-order chi connectivity index (χ0) is 13.1. The number of carbonyl (C=O) groups is 1. The molecule has 0 spiro atoms. The molecule has 0 atom stereocenters. The van der Waals surface area contributed by atoms with Crippen LogP contribution in [0.25, 0.3) is 5.69 Å². The molecule has 94 valence electrons. The van der Waals surface area contributed by atoms with Crippen molar-refractivity contribution < 1.29 is 14.3 Å². The Morgan fingerprint density at radius 2 is 2.06 bits per heavy atom. The minimum atomic E-state index is -0.537. The molecule has 0 fully saturated rings. The minimum Gasteiger partial charge on any atom is -0.494 e. The Morgan fingerprint density at radius 3 is 2.72 bits per heavy atom. The number of rotatable bonds is 3. The van der Waals surface area contributed by atoms with E-state index in [2.05, 4.69) is 9.84 Å². The standard InChI is InChI=1S/C12H11ClN2O3/c1-17-10-6-4-3-5-9(10)15-11(13)7-8(14-15)12(16)18-2/h3-7H,1-2H3. The first-order chi connectivity index (χ1) is 8.67. The summed E-state index contributed by atoms with van der Waals surface area (Å²) in [4.78, 5) is 11.4. The van der Waals surface area contributed by atoms with E-state index < -0.39 is 5.97 Å². The van der Waals surface area contributed by atoms with Crippen molar-refractivity contribution in [1.82, 2.24) is 9.78 Å². The maximum Gasteiger partial charge on any atom is 0.358 e. The van der Waals surface area contributed by atoms with Crippen molar-refractivity contribution in [3.63, 3.8) is 0 Å². The zero-order valence-corrected chi connectivity index (χ0v) is 10.6. The number of nitrogens with zero attached hydrogens (tertiary/aromatic N) is 2. The van der Waals surface area contributed by atoms with Crippen LogP contribution in [0.3, 0.4) is 0 Å². The molecule has 0 amide bonds. The summed E-state index contributed by atoms with van der Waals surface area (Å²) in [6.45, 7) is 0. The third-order valence-electron chi connectivity index (χ3n) is 2.37. The smallest absolute Gasteiger partial charge is 0.358 e. The fourth-order valence-electron chi connectivity index (χ4n) is 1.54. The first-order valence-corrected chi connectivity index (χ1v) is 5.52. The Morgan fingerprint density at radius 1 is 1.33 bits per heavy atom. The number of halogens is 1. The van der Waals surface area contributed by atoms with Gasteiger partial charge in [0.15, 0.2) is 5.69 Å². The normalized spacial score (nSPS) is 10.2.